The van der Waals surface area contributed by atoms with Crippen molar-refractivity contribution < 1.29 is 0 Å². The predicted molar refractivity (Wildman–Crippen MR) is 54.2 cm³/mol. The van der Waals surface area contributed by atoms with E-state index < -0.39 is 0 Å². The highest BCUT2D eigenvalue weighted by molar-refractivity contribution is 4.97. The Balaban J connectivity index is 2.39. The fraction of sp³-hybridized carbons (Fsp3) is 0.909. The van der Waals surface area contributed by atoms with Gasteiger partial charge in [0.2, 0.25) is 0 Å². The van der Waals surface area contributed by atoms with Crippen LogP contribution in [0.15, 0.2) is 0 Å². The van der Waals surface area contributed by atoms with Gasteiger partial charge >= 0.3 is 0 Å². The molecule has 2 unspecified atom stereocenters. The molecule has 0 heterocycles. The molecule has 13 heavy (non-hydrogen) atoms. The van der Waals surface area contributed by atoms with Gasteiger partial charge in [-0.1, -0.05) is 20.3 Å². The van der Waals surface area contributed by atoms with Gasteiger partial charge in [-0.3, -0.25) is 0 Å². The third-order valence-electron chi connectivity index (χ3n) is 3.12. The number of nitrogens with zero attached hydrogens (tertiary/aromatic N) is 1. The Hall–Kier alpha value is -0.550. The van der Waals surface area contributed by atoms with Crippen LogP contribution in [-0.4, -0.2) is 12.1 Å². The van der Waals surface area contributed by atoms with Gasteiger partial charge in [-0.2, -0.15) is 5.26 Å². The van der Waals surface area contributed by atoms with Crippen molar-refractivity contribution in [3.63, 3.8) is 0 Å². The van der Waals surface area contributed by atoms with Gasteiger partial charge in [0.1, 0.15) is 0 Å². The Morgan fingerprint density at radius 3 is 2.62 bits per heavy atom. The van der Waals surface area contributed by atoms with E-state index >= 15 is 0 Å². The molecule has 1 aliphatic rings. The molecule has 0 saturated heterocycles. The first-order chi connectivity index (χ1) is 6.31. The molecule has 2 nitrogen and oxygen atoms in total. The lowest BCUT2D eigenvalue weighted by atomic mass is 10.0. The third kappa shape index (κ3) is 2.70. The minimum atomic E-state index is 0.264. The largest absolute Gasteiger partial charge is 0.310 e. The molecule has 1 rings (SSSR count). The van der Waals surface area contributed by atoms with Crippen molar-refractivity contribution >= 4 is 0 Å². The Labute approximate surface area is 81.3 Å². The molecule has 0 aliphatic heterocycles. The summed E-state index contributed by atoms with van der Waals surface area (Å²) in [4.78, 5) is 0. The van der Waals surface area contributed by atoms with Crippen LogP contribution in [0.5, 0.6) is 0 Å². The van der Waals surface area contributed by atoms with Gasteiger partial charge in [0.25, 0.3) is 0 Å². The van der Waals surface area contributed by atoms with Gasteiger partial charge < -0.3 is 5.32 Å². The number of nitriles is 1. The van der Waals surface area contributed by atoms with Gasteiger partial charge in [0.15, 0.2) is 0 Å². The average Bonchev–Trinajstić information content (AvgIpc) is 2.61. The molecule has 2 atom stereocenters. The van der Waals surface area contributed by atoms with E-state index in [1.54, 1.807) is 0 Å². The molecule has 74 valence electrons. The van der Waals surface area contributed by atoms with E-state index in [-0.39, 0.29) is 5.92 Å². The van der Waals surface area contributed by atoms with Gasteiger partial charge in [0.05, 0.1) is 12.0 Å². The lowest BCUT2D eigenvalue weighted by Gasteiger charge is -2.22. The van der Waals surface area contributed by atoms with Crippen LogP contribution in [0.1, 0.15) is 46.0 Å². The predicted octanol–water partition coefficient (Wildman–Crippen LogP) is 2.46. The first kappa shape index (κ1) is 10.5. The number of hydrogen-bond acceptors (Lipinski definition) is 2. The number of rotatable bonds is 4. The molecule has 0 spiro atoms. The van der Waals surface area contributed by atoms with E-state index in [0.717, 1.165) is 6.42 Å². The van der Waals surface area contributed by atoms with Gasteiger partial charge in [-0.25, -0.2) is 0 Å². The molecule has 0 aromatic carbocycles. The quantitative estimate of drug-likeness (QED) is 0.721. The van der Waals surface area contributed by atoms with Crippen LogP contribution in [0.3, 0.4) is 0 Å². The molecule has 0 radical (unpaired) electrons. The first-order valence-corrected chi connectivity index (χ1v) is 5.47. The summed E-state index contributed by atoms with van der Waals surface area (Å²) in [6.07, 6.45) is 5.84. The zero-order valence-electron chi connectivity index (χ0n) is 8.71. The zero-order valence-corrected chi connectivity index (χ0v) is 8.71. The second-order valence-corrected chi connectivity index (χ2v) is 3.95. The molecule has 2 heteroatoms. The highest BCUT2D eigenvalue weighted by Gasteiger charge is 2.27. The summed E-state index contributed by atoms with van der Waals surface area (Å²) in [6.45, 7) is 4.41. The molecule has 1 aliphatic carbocycles. The fourth-order valence-electron chi connectivity index (χ4n) is 2.14. The topological polar surface area (TPSA) is 35.8 Å². The van der Waals surface area contributed by atoms with Crippen LogP contribution < -0.4 is 5.32 Å². The maximum absolute atomic E-state index is 8.90. The van der Waals surface area contributed by atoms with Gasteiger partial charge in [-0.15, -0.1) is 0 Å². The van der Waals surface area contributed by atoms with Crippen molar-refractivity contribution in [2.75, 3.05) is 0 Å². The van der Waals surface area contributed by atoms with E-state index in [9.17, 15) is 0 Å². The summed E-state index contributed by atoms with van der Waals surface area (Å²) in [6, 6.07) is 3.48. The standard InChI is InChI=1S/C11H20N2/c1-3-10(4-2)13-11-7-5-6-9(11)8-12/h9-11,13H,3-7H2,1-2H3. The lowest BCUT2D eigenvalue weighted by molar-refractivity contribution is 0.380. The van der Waals surface area contributed by atoms with E-state index in [1.807, 2.05) is 0 Å². The highest BCUT2D eigenvalue weighted by atomic mass is 15.0. The van der Waals surface area contributed by atoms with Crippen LogP contribution >= 0.6 is 0 Å². The van der Waals surface area contributed by atoms with Crippen LogP contribution in [0.4, 0.5) is 0 Å². The Morgan fingerprint density at radius 1 is 1.38 bits per heavy atom. The molecule has 1 N–H and O–H groups in total. The van der Waals surface area contributed by atoms with E-state index in [1.165, 1.54) is 25.7 Å². The molecule has 0 aromatic heterocycles. The molecular formula is C11H20N2. The second kappa shape index (κ2) is 5.24. The highest BCUT2D eigenvalue weighted by Crippen LogP contribution is 2.25. The summed E-state index contributed by atoms with van der Waals surface area (Å²) in [5, 5.41) is 12.5. The van der Waals surface area contributed by atoms with Crippen molar-refractivity contribution in [2.24, 2.45) is 5.92 Å². The Kier molecular flexibility index (Phi) is 4.24. The molecule has 0 aromatic rings. The SMILES string of the molecule is CCC(CC)NC1CCCC1C#N. The van der Waals surface area contributed by atoms with E-state index in [4.69, 9.17) is 5.26 Å². The van der Waals surface area contributed by atoms with Gasteiger partial charge in [-0.05, 0) is 25.7 Å². The minimum Gasteiger partial charge on any atom is -0.310 e. The Bertz CT molecular complexity index is 179. The summed E-state index contributed by atoms with van der Waals surface area (Å²) in [5.74, 6) is 0.264. The summed E-state index contributed by atoms with van der Waals surface area (Å²) in [5.41, 5.74) is 0. The van der Waals surface area contributed by atoms with Crippen LogP contribution in [0.25, 0.3) is 0 Å². The van der Waals surface area contributed by atoms with Crippen molar-refractivity contribution in [2.45, 2.75) is 58.0 Å². The average molecular weight is 180 g/mol. The maximum atomic E-state index is 8.90. The van der Waals surface area contributed by atoms with Crippen LogP contribution in [0, 0.1) is 17.2 Å². The number of hydrogen-bond donors (Lipinski definition) is 1. The van der Waals surface area contributed by atoms with Crippen LogP contribution in [-0.2, 0) is 0 Å². The van der Waals surface area contributed by atoms with Crippen molar-refractivity contribution in [1.29, 1.82) is 5.26 Å². The zero-order chi connectivity index (χ0) is 9.68. The lowest BCUT2D eigenvalue weighted by Crippen LogP contribution is -2.39. The molecular weight excluding hydrogens is 160 g/mol. The molecule has 0 amide bonds. The molecule has 1 saturated carbocycles. The van der Waals surface area contributed by atoms with E-state index in [2.05, 4.69) is 25.2 Å². The second-order valence-electron chi connectivity index (χ2n) is 3.95. The van der Waals surface area contributed by atoms with Crippen LogP contribution in [0.2, 0.25) is 0 Å². The van der Waals surface area contributed by atoms with Crippen molar-refractivity contribution in [3.8, 4) is 6.07 Å². The van der Waals surface area contributed by atoms with E-state index in [0.29, 0.717) is 12.1 Å². The summed E-state index contributed by atoms with van der Waals surface area (Å²) >= 11 is 0. The Morgan fingerprint density at radius 2 is 2.08 bits per heavy atom. The monoisotopic (exact) mass is 180 g/mol. The van der Waals surface area contributed by atoms with Crippen molar-refractivity contribution in [1.82, 2.24) is 5.32 Å². The first-order valence-electron chi connectivity index (χ1n) is 5.47. The maximum Gasteiger partial charge on any atom is 0.0672 e. The summed E-state index contributed by atoms with van der Waals surface area (Å²) in [7, 11) is 0. The fourth-order valence-corrected chi connectivity index (χ4v) is 2.14. The van der Waals surface area contributed by atoms with Crippen molar-refractivity contribution in [3.05, 3.63) is 0 Å². The smallest absolute Gasteiger partial charge is 0.0672 e. The minimum absolute atomic E-state index is 0.264. The summed E-state index contributed by atoms with van der Waals surface area (Å²) < 4.78 is 0. The normalized spacial score (nSPS) is 27.8. The third-order valence-corrected chi connectivity index (χ3v) is 3.12. The molecule has 0 bridgehead atoms. The number of nitrogens with one attached hydrogen (secondary N) is 1. The molecule has 1 fully saturated rings. The van der Waals surface area contributed by atoms with Gasteiger partial charge in [0, 0.05) is 12.1 Å².